The largest absolute Gasteiger partial charge is 0.364 e. The van der Waals surface area contributed by atoms with Gasteiger partial charge in [-0.2, -0.15) is 5.10 Å². The van der Waals surface area contributed by atoms with Crippen molar-refractivity contribution in [3.8, 4) is 0 Å². The molecule has 2 aromatic rings. The average molecular weight is 370 g/mol. The molecule has 0 radical (unpaired) electrons. The lowest BCUT2D eigenvalue weighted by molar-refractivity contribution is 0.0616. The molecule has 1 amide bonds. The fourth-order valence-electron chi connectivity index (χ4n) is 5.11. The molecule has 2 aliphatic heterocycles. The van der Waals surface area contributed by atoms with Gasteiger partial charge in [-0.25, -0.2) is 4.39 Å². The van der Waals surface area contributed by atoms with Gasteiger partial charge in [0.25, 0.3) is 5.91 Å². The molecule has 0 aliphatic carbocycles. The van der Waals surface area contributed by atoms with Gasteiger partial charge in [-0.1, -0.05) is 6.07 Å². The van der Waals surface area contributed by atoms with Crippen molar-refractivity contribution in [1.82, 2.24) is 14.7 Å². The molecule has 144 valence electrons. The highest BCUT2D eigenvalue weighted by Gasteiger charge is 2.55. The fraction of sp³-hybridized carbons (Fsp3) is 0.524. The smallest absolute Gasteiger partial charge is 0.257 e. The van der Waals surface area contributed by atoms with Crippen molar-refractivity contribution < 1.29 is 9.18 Å². The van der Waals surface area contributed by atoms with Crippen LogP contribution in [0.2, 0.25) is 0 Å². The molecule has 4 rings (SSSR count). The third-order valence-electron chi connectivity index (χ3n) is 6.15. The molecule has 6 heteroatoms. The molecule has 1 unspecified atom stereocenters. The van der Waals surface area contributed by atoms with Gasteiger partial charge in [-0.15, -0.1) is 0 Å². The normalized spacial score (nSPS) is 24.2. The van der Waals surface area contributed by atoms with E-state index in [1.807, 2.05) is 26.2 Å². The quantitative estimate of drug-likeness (QED) is 0.812. The number of likely N-dealkylation sites (tertiary alicyclic amines) is 1. The van der Waals surface area contributed by atoms with Gasteiger partial charge in [0.15, 0.2) is 0 Å². The van der Waals surface area contributed by atoms with Crippen LogP contribution in [-0.2, 0) is 7.05 Å². The van der Waals surface area contributed by atoms with Crippen LogP contribution in [0, 0.1) is 12.7 Å². The van der Waals surface area contributed by atoms with Gasteiger partial charge in [-0.05, 0) is 58.2 Å². The molecule has 3 heterocycles. The van der Waals surface area contributed by atoms with Gasteiger partial charge < -0.3 is 9.80 Å². The molecule has 2 aliphatic rings. The van der Waals surface area contributed by atoms with E-state index in [0.29, 0.717) is 5.56 Å². The first-order valence-electron chi connectivity index (χ1n) is 9.57. The number of aryl methyl sites for hydroxylation is 2. The summed E-state index contributed by atoms with van der Waals surface area (Å²) in [5, 5.41) is 4.34. The summed E-state index contributed by atoms with van der Waals surface area (Å²) in [6, 6.07) is 6.77. The highest BCUT2D eigenvalue weighted by atomic mass is 19.1. The Kier molecular flexibility index (Phi) is 4.05. The zero-order chi connectivity index (χ0) is 19.4. The minimum Gasteiger partial charge on any atom is -0.364 e. The summed E-state index contributed by atoms with van der Waals surface area (Å²) in [4.78, 5) is 17.7. The lowest BCUT2D eigenvalue weighted by Crippen LogP contribution is -2.49. The molecular formula is C21H27FN4O. The molecule has 1 aromatic carbocycles. The van der Waals surface area contributed by atoms with Crippen molar-refractivity contribution in [3.63, 3.8) is 0 Å². The number of rotatable bonds is 2. The topological polar surface area (TPSA) is 41.4 Å². The van der Waals surface area contributed by atoms with E-state index in [1.54, 1.807) is 16.8 Å². The van der Waals surface area contributed by atoms with Crippen LogP contribution in [-0.4, -0.2) is 44.8 Å². The van der Waals surface area contributed by atoms with Gasteiger partial charge in [0.05, 0.1) is 16.8 Å². The van der Waals surface area contributed by atoms with E-state index in [1.165, 1.54) is 6.07 Å². The average Bonchev–Trinajstić information content (AvgIpc) is 3.22. The van der Waals surface area contributed by atoms with Crippen molar-refractivity contribution in [2.45, 2.75) is 51.1 Å². The number of nitrogens with zero attached hydrogens (tertiary/aromatic N) is 4. The number of hydrogen-bond donors (Lipinski definition) is 0. The van der Waals surface area contributed by atoms with E-state index in [-0.39, 0.29) is 22.8 Å². The predicted molar refractivity (Wildman–Crippen MR) is 103 cm³/mol. The predicted octanol–water partition coefficient (Wildman–Crippen LogP) is 3.53. The van der Waals surface area contributed by atoms with Crippen LogP contribution in [0.25, 0.3) is 0 Å². The van der Waals surface area contributed by atoms with Crippen LogP contribution in [0.3, 0.4) is 0 Å². The van der Waals surface area contributed by atoms with E-state index < -0.39 is 0 Å². The third kappa shape index (κ3) is 2.91. The first kappa shape index (κ1) is 18.0. The first-order chi connectivity index (χ1) is 12.7. The van der Waals surface area contributed by atoms with Crippen LogP contribution in [0.5, 0.6) is 0 Å². The zero-order valence-electron chi connectivity index (χ0n) is 16.5. The highest BCUT2D eigenvalue weighted by Crippen LogP contribution is 2.47. The molecule has 0 bridgehead atoms. The number of carbonyl (C=O) groups is 1. The van der Waals surface area contributed by atoms with Gasteiger partial charge in [0.1, 0.15) is 5.82 Å². The lowest BCUT2D eigenvalue weighted by Gasteiger charge is -2.35. The Morgan fingerprint density at radius 2 is 2.07 bits per heavy atom. The van der Waals surface area contributed by atoms with Crippen LogP contribution in [0.1, 0.15) is 49.2 Å². The van der Waals surface area contributed by atoms with Crippen molar-refractivity contribution >= 4 is 11.6 Å². The number of benzene rings is 1. The molecule has 1 spiro atoms. The van der Waals surface area contributed by atoms with E-state index in [9.17, 15) is 9.18 Å². The van der Waals surface area contributed by atoms with Crippen molar-refractivity contribution in [2.75, 3.05) is 18.0 Å². The molecule has 2 saturated heterocycles. The van der Waals surface area contributed by atoms with Gasteiger partial charge in [-0.3, -0.25) is 9.48 Å². The molecule has 2 fully saturated rings. The first-order valence-corrected chi connectivity index (χ1v) is 9.57. The van der Waals surface area contributed by atoms with E-state index in [4.69, 9.17) is 0 Å². The Bertz CT molecular complexity index is 890. The minimum absolute atomic E-state index is 0.0648. The maximum Gasteiger partial charge on any atom is 0.257 e. The van der Waals surface area contributed by atoms with Crippen LogP contribution < -0.4 is 4.90 Å². The molecule has 0 saturated carbocycles. The van der Waals surface area contributed by atoms with Gasteiger partial charge >= 0.3 is 0 Å². The molecule has 1 aromatic heterocycles. The number of halogens is 1. The monoisotopic (exact) mass is 370 g/mol. The second-order valence-electron chi connectivity index (χ2n) is 8.64. The number of hydrogen-bond acceptors (Lipinski definition) is 3. The molecule has 0 N–H and O–H groups in total. The molecular weight excluding hydrogens is 343 g/mol. The molecule has 1 atom stereocenters. The van der Waals surface area contributed by atoms with Crippen molar-refractivity contribution in [3.05, 3.63) is 47.5 Å². The summed E-state index contributed by atoms with van der Waals surface area (Å²) in [6.07, 6.45) is 4.67. The Balaban J connectivity index is 1.68. The van der Waals surface area contributed by atoms with Gasteiger partial charge in [0.2, 0.25) is 0 Å². The maximum absolute atomic E-state index is 13.8. The van der Waals surface area contributed by atoms with Crippen LogP contribution in [0.4, 0.5) is 10.1 Å². The summed E-state index contributed by atoms with van der Waals surface area (Å²) in [7, 11) is 1.84. The maximum atomic E-state index is 13.8. The zero-order valence-corrected chi connectivity index (χ0v) is 16.5. The van der Waals surface area contributed by atoms with E-state index >= 15 is 0 Å². The second kappa shape index (κ2) is 6.08. The van der Waals surface area contributed by atoms with Crippen LogP contribution >= 0.6 is 0 Å². The van der Waals surface area contributed by atoms with Crippen molar-refractivity contribution in [2.24, 2.45) is 7.05 Å². The standard InChI is InChI=1S/C21H27FN4O/c1-15-18(12-24(4)23-15)19(27)25-10-6-9-21(25)13-20(2,3)26(14-21)17-8-5-7-16(22)11-17/h5,7-8,11-12H,6,9-10,13-14H2,1-4H3. The number of aromatic nitrogens is 2. The SMILES string of the molecule is Cc1nn(C)cc1C(=O)N1CCCC12CN(c1cccc(F)c1)C(C)(C)C2. The Morgan fingerprint density at radius 1 is 1.30 bits per heavy atom. The van der Waals surface area contributed by atoms with E-state index in [0.717, 1.165) is 43.7 Å². The van der Waals surface area contributed by atoms with Crippen molar-refractivity contribution in [1.29, 1.82) is 0 Å². The Hall–Kier alpha value is -2.37. The summed E-state index contributed by atoms with van der Waals surface area (Å²) in [6.45, 7) is 7.74. The van der Waals surface area contributed by atoms with Crippen LogP contribution in [0.15, 0.2) is 30.5 Å². The minimum atomic E-state index is -0.227. The number of amides is 1. The third-order valence-corrected chi connectivity index (χ3v) is 6.15. The lowest BCUT2D eigenvalue weighted by atomic mass is 9.87. The molecule has 5 nitrogen and oxygen atoms in total. The Labute approximate surface area is 159 Å². The number of carbonyl (C=O) groups excluding carboxylic acids is 1. The van der Waals surface area contributed by atoms with E-state index in [2.05, 4.69) is 28.7 Å². The second-order valence-corrected chi connectivity index (χ2v) is 8.64. The Morgan fingerprint density at radius 3 is 2.74 bits per heavy atom. The molecule has 27 heavy (non-hydrogen) atoms. The highest BCUT2D eigenvalue weighted by molar-refractivity contribution is 5.96. The summed E-state index contributed by atoms with van der Waals surface area (Å²) >= 11 is 0. The fourth-order valence-corrected chi connectivity index (χ4v) is 5.11. The van der Waals surface area contributed by atoms with Gasteiger partial charge in [0, 0.05) is 37.6 Å². The summed E-state index contributed by atoms with van der Waals surface area (Å²) in [5.41, 5.74) is 1.97. The summed E-state index contributed by atoms with van der Waals surface area (Å²) in [5.74, 6) is -0.162. The number of anilines is 1. The summed E-state index contributed by atoms with van der Waals surface area (Å²) < 4.78 is 15.5.